The molecule has 16 N–H and O–H groups in total. The molecule has 0 fully saturated rings. The molecule has 1 amide bonds. The minimum atomic E-state index is -1.37. The molecule has 0 saturated carbocycles. The number of carbonyl (C=O) groups excluding carboxylic acids is 2. The van der Waals surface area contributed by atoms with Gasteiger partial charge < -0.3 is 84.5 Å². The Labute approximate surface area is 593 Å². The number of aliphatic hydroxyl groups is 6. The number of aryl methyl sites for hydroxylation is 2. The summed E-state index contributed by atoms with van der Waals surface area (Å²) in [6, 6.07) is 78.0. The number of ether oxygens (including phenoxy) is 1. The summed E-state index contributed by atoms with van der Waals surface area (Å²) in [5, 5.41) is 86.4. The van der Waals surface area contributed by atoms with Gasteiger partial charge in [-0.2, -0.15) is 40.5 Å². The van der Waals surface area contributed by atoms with Gasteiger partial charge in [0.05, 0.1) is 56.2 Å². The number of amides is 1. The van der Waals surface area contributed by atoms with Gasteiger partial charge in [0.25, 0.3) is 0 Å². The number of nitrogens with two attached hydrogens (primary N) is 1. The number of aliphatic hydroxyl groups excluding tert-OH is 6. The summed E-state index contributed by atoms with van der Waals surface area (Å²) >= 11 is 0. The van der Waals surface area contributed by atoms with Crippen molar-refractivity contribution < 1.29 is 83.1 Å². The van der Waals surface area contributed by atoms with Crippen LogP contribution in [0.3, 0.4) is 0 Å². The number of carboxylic acids is 1. The number of quaternary nitrogens is 1. The number of aldehydes is 1. The first-order valence-electron chi connectivity index (χ1n) is 30.3. The maximum absolute atomic E-state index is 11.8. The molecule has 0 bridgehead atoms. The molecule has 8 aromatic rings. The third-order valence-electron chi connectivity index (χ3n) is 13.4. The quantitative estimate of drug-likeness (QED) is 0.0269. The first kappa shape index (κ1) is 90.7. The summed E-state index contributed by atoms with van der Waals surface area (Å²) in [6.45, 7) is 4.11. The molecule has 6 atom stereocenters. The lowest BCUT2D eigenvalue weighted by molar-refractivity contribution is -0.408. The largest absolute Gasteiger partial charge is 1.00 e. The number of halogens is 1. The lowest BCUT2D eigenvalue weighted by atomic mass is 9.91. The predicted octanol–water partition coefficient (Wildman–Crippen LogP) is 5.31. The third kappa shape index (κ3) is 40.2. The smallest absolute Gasteiger partial charge is 0.480 e. The maximum Gasteiger partial charge on any atom is 0.480 e. The second-order valence-corrected chi connectivity index (χ2v) is 21.9. The van der Waals surface area contributed by atoms with Crippen molar-refractivity contribution in [1.29, 1.82) is 0 Å². The van der Waals surface area contributed by atoms with Gasteiger partial charge in [-0.3, -0.25) is 5.32 Å². The van der Waals surface area contributed by atoms with E-state index in [0.29, 0.717) is 19.3 Å². The predicted molar refractivity (Wildman–Crippen MR) is 395 cm³/mol. The second kappa shape index (κ2) is 53.7. The number of hydrogen-bond donors (Lipinski definition) is 13. The van der Waals surface area contributed by atoms with Crippen molar-refractivity contribution in [3.8, 4) is 0 Å². The van der Waals surface area contributed by atoms with E-state index in [2.05, 4.69) is 64.9 Å². The topological polar surface area (TPSA) is 320 Å². The Hall–Kier alpha value is -7.39. The van der Waals surface area contributed by atoms with Crippen molar-refractivity contribution in [3.05, 3.63) is 299 Å². The minimum absolute atomic E-state index is 0. The van der Waals surface area contributed by atoms with Gasteiger partial charge in [0.2, 0.25) is 0 Å². The van der Waals surface area contributed by atoms with E-state index in [0.717, 1.165) is 50.9 Å². The van der Waals surface area contributed by atoms with E-state index in [4.69, 9.17) is 40.9 Å². The standard InChI is InChI=1S/C24H25NO2.C16H25NO4.C13H13N.C10H13NO2.C8H9BO2.C3H6O3.ClH.3H2S/c26-18-23(27)22(17-16-19-10-4-1-5-11-19)25-24(20-12-6-2-7-13-20)21-14-8-3-9-15-21;1-16(2,3)21-15(20)17-13(14(19)11-18)10-9-12-7-5-4-6-8-12;14-13(11-7-3-1-4-8-11)12-9-5-2-6-10-12;11-9(10(12)13)7-6-8-4-2-1-3-5-8;10-9(11)7-6-8-4-2-1-3-5-8;4-1-3(6)2-5;;;;/h1-17,22-27H,18H2;4-8,13-14,18-19H,9-11H2,1-3H3,(H,17,20);1-10,13H,14H2;1-5,9H,6-7,11H2,(H,12,13);1-7,10-11H;1,3,5-6H,2H2;1H;3*1H2/b17-16+;;;;7-6+;;;;;/t22-,23+;13-,14+;;9-;;3-;;;;/m00.0.0..../s1. The highest BCUT2D eigenvalue weighted by Gasteiger charge is 2.25. The van der Waals surface area contributed by atoms with E-state index in [1.54, 1.807) is 26.8 Å². The van der Waals surface area contributed by atoms with Gasteiger partial charge in [0.15, 0.2) is 12.3 Å². The Balaban J connectivity index is 0. The Bertz CT molecular complexity index is 3160. The number of nitrogens with one attached hydrogen (secondary N) is 2. The molecule has 0 aromatic heterocycles. The summed E-state index contributed by atoms with van der Waals surface area (Å²) in [4.78, 5) is 31.6. The molecule has 0 aliphatic rings. The Morgan fingerprint density at radius 1 is 0.542 bits per heavy atom. The third-order valence-corrected chi connectivity index (χ3v) is 13.4. The van der Waals surface area contributed by atoms with Gasteiger partial charge in [-0.15, -0.1) is 0 Å². The number of benzene rings is 8. The fourth-order valence-corrected chi connectivity index (χ4v) is 8.40. The van der Waals surface area contributed by atoms with Crippen LogP contribution in [0.5, 0.6) is 0 Å². The zero-order valence-corrected chi connectivity index (χ0v) is 58.2. The summed E-state index contributed by atoms with van der Waals surface area (Å²) < 4.78 is 5.17. The highest BCUT2D eigenvalue weighted by molar-refractivity contribution is 7.59. The van der Waals surface area contributed by atoms with Crippen LogP contribution in [-0.2, 0) is 27.2 Å². The minimum Gasteiger partial charge on any atom is -1.00 e. The fraction of sp³-hybridized carbons (Fsp3) is 0.257. The van der Waals surface area contributed by atoms with Crippen molar-refractivity contribution >= 4 is 78.1 Å². The molecule has 0 saturated heterocycles. The van der Waals surface area contributed by atoms with Crippen LogP contribution in [0.2, 0.25) is 0 Å². The molecule has 0 aliphatic carbocycles. The maximum atomic E-state index is 11.8. The van der Waals surface area contributed by atoms with Gasteiger partial charge in [-0.25, -0.2) is 9.59 Å². The van der Waals surface area contributed by atoms with Crippen LogP contribution < -0.4 is 34.5 Å². The van der Waals surface area contributed by atoms with Crippen molar-refractivity contribution in [2.45, 2.75) is 101 Å². The highest BCUT2D eigenvalue weighted by atomic mass is 35.5. The average molecular weight is 1390 g/mol. The van der Waals surface area contributed by atoms with E-state index in [1.165, 1.54) is 5.98 Å². The molecule has 17 nitrogen and oxygen atoms in total. The van der Waals surface area contributed by atoms with Crippen LogP contribution in [0.1, 0.15) is 90.2 Å². The van der Waals surface area contributed by atoms with Crippen molar-refractivity contribution in [2.75, 3.05) is 19.8 Å². The zero-order valence-electron chi connectivity index (χ0n) is 54.4. The fourth-order valence-electron chi connectivity index (χ4n) is 8.40. The first-order chi connectivity index (χ1) is 44.3. The van der Waals surface area contributed by atoms with Gasteiger partial charge in [-0.1, -0.05) is 267 Å². The Morgan fingerprint density at radius 3 is 1.23 bits per heavy atom. The van der Waals surface area contributed by atoms with Crippen LogP contribution in [0, 0.1) is 0 Å². The van der Waals surface area contributed by atoms with Gasteiger partial charge >= 0.3 is 19.2 Å². The van der Waals surface area contributed by atoms with Crippen LogP contribution in [0.25, 0.3) is 12.2 Å². The summed E-state index contributed by atoms with van der Waals surface area (Å²) in [5.41, 5.74) is 17.9. The van der Waals surface area contributed by atoms with Crippen LogP contribution >= 0.6 is 40.5 Å². The molecule has 520 valence electrons. The molecule has 0 radical (unpaired) electrons. The number of carboxylic acid groups (broad SMARTS) is 1. The SMILES string of the molecule is CC(C)(C)OC(=O)N[C@@H](CCc1ccccc1)[C@H](O)CO.NC(c1ccccc1)c1ccccc1.O=C[C@H](O)CO.OB(O)/C=C/c1ccccc1.OC[C@@H](O)[C@H](/C=C/c1ccccc1)NC(c1ccccc1)c1ccccc1.S.S.S.[Cl-].[NH3+][C@@H](CCc1ccccc1)C(=O)O. The lowest BCUT2D eigenvalue weighted by Crippen LogP contribution is -3.00. The van der Waals surface area contributed by atoms with Crippen LogP contribution in [0.4, 0.5) is 4.79 Å². The second-order valence-electron chi connectivity index (χ2n) is 21.9. The molecule has 0 unspecified atom stereocenters. The van der Waals surface area contributed by atoms with E-state index < -0.39 is 74.4 Å². The molecule has 22 heteroatoms. The number of aliphatic carboxylic acids is 1. The average Bonchev–Trinajstić information content (AvgIpc) is 0.873. The normalized spacial score (nSPS) is 12.2. The highest BCUT2D eigenvalue weighted by Crippen LogP contribution is 2.24. The van der Waals surface area contributed by atoms with Gasteiger partial charge in [-0.05, 0) is 84.5 Å². The van der Waals surface area contributed by atoms with Crippen molar-refractivity contribution in [3.63, 3.8) is 0 Å². The molecule has 96 heavy (non-hydrogen) atoms. The van der Waals surface area contributed by atoms with E-state index >= 15 is 0 Å². The number of rotatable bonds is 24. The van der Waals surface area contributed by atoms with Crippen LogP contribution in [-0.4, -0.2) is 133 Å². The molecular weight excluding hydrogens is 1300 g/mol. The zero-order chi connectivity index (χ0) is 67.4. The van der Waals surface area contributed by atoms with E-state index in [9.17, 15) is 29.7 Å². The monoisotopic (exact) mass is 1390 g/mol. The Morgan fingerprint density at radius 2 is 0.896 bits per heavy atom. The van der Waals surface area contributed by atoms with Gasteiger partial charge in [0.1, 0.15) is 11.7 Å². The van der Waals surface area contributed by atoms with Crippen molar-refractivity contribution in [2.24, 2.45) is 5.73 Å². The summed E-state index contributed by atoms with van der Waals surface area (Å²) in [7, 11) is -1.37. The lowest BCUT2D eigenvalue weighted by Gasteiger charge is -2.27. The van der Waals surface area contributed by atoms with E-state index in [-0.39, 0.29) is 77.9 Å². The number of alkyl carbamates (subject to hydrolysis) is 1. The summed E-state index contributed by atoms with van der Waals surface area (Å²) in [5.74, 6) is 0.492. The number of carbonyl (C=O) groups is 3. The summed E-state index contributed by atoms with van der Waals surface area (Å²) in [6.07, 6.45) is 4.70. The van der Waals surface area contributed by atoms with Crippen molar-refractivity contribution in [1.82, 2.24) is 10.6 Å². The van der Waals surface area contributed by atoms with Crippen LogP contribution in [0.15, 0.2) is 255 Å². The number of hydrogen-bond acceptors (Lipinski definition) is 14. The molecule has 0 aliphatic heterocycles. The first-order valence-corrected chi connectivity index (χ1v) is 30.3. The van der Waals surface area contributed by atoms with E-state index in [1.807, 2.05) is 206 Å². The molecule has 0 spiro atoms. The Kier molecular flexibility index (Phi) is 50.7. The van der Waals surface area contributed by atoms with Gasteiger partial charge in [0, 0.05) is 6.42 Å². The molecule has 8 rings (SSSR count). The molecule has 8 aromatic carbocycles. The molecular formula is C74H98BClN4O13S3. The molecule has 0 heterocycles.